The molecule has 0 bridgehead atoms. The molecule has 25 heavy (non-hydrogen) atoms. The van der Waals surface area contributed by atoms with Gasteiger partial charge in [0.15, 0.2) is 11.7 Å². The summed E-state index contributed by atoms with van der Waals surface area (Å²) in [6.45, 7) is 2.10. The smallest absolute Gasteiger partial charge is 0.338 e. The van der Waals surface area contributed by atoms with Gasteiger partial charge in [0.1, 0.15) is 5.75 Å². The Hall–Kier alpha value is -3.00. The number of carbonyl (C=O) groups excluding carboxylic acids is 2. The van der Waals surface area contributed by atoms with Crippen LogP contribution in [0.25, 0.3) is 10.2 Å². The minimum atomic E-state index is -0.580. The van der Waals surface area contributed by atoms with Crippen LogP contribution in [-0.4, -0.2) is 35.1 Å². The molecule has 1 N–H and O–H groups in total. The molecule has 0 aliphatic rings. The summed E-state index contributed by atoms with van der Waals surface area (Å²) in [5.41, 5.74) is 1.10. The lowest BCUT2D eigenvalue weighted by molar-refractivity contribution is -0.119. The van der Waals surface area contributed by atoms with Crippen molar-refractivity contribution in [3.05, 3.63) is 48.3 Å². The number of ether oxygens (including phenoxy) is 2. The van der Waals surface area contributed by atoms with Crippen LogP contribution >= 0.6 is 11.3 Å². The van der Waals surface area contributed by atoms with Crippen LogP contribution in [0, 0.1) is 0 Å². The first kappa shape index (κ1) is 16.8. The van der Waals surface area contributed by atoms with Crippen LogP contribution in [0.3, 0.4) is 0 Å². The Morgan fingerprint density at radius 3 is 2.76 bits per heavy atom. The SMILES string of the molecule is CCOc1ccc2nc(NC(=O)COC(=O)c3ccncc3)sc2c1. The summed E-state index contributed by atoms with van der Waals surface area (Å²) in [6, 6.07) is 8.56. The van der Waals surface area contributed by atoms with E-state index in [0.29, 0.717) is 17.3 Å². The number of carbonyl (C=O) groups is 2. The summed E-state index contributed by atoms with van der Waals surface area (Å²) >= 11 is 1.32. The number of benzene rings is 1. The Morgan fingerprint density at radius 2 is 2.00 bits per heavy atom. The van der Waals surface area contributed by atoms with Crippen LogP contribution < -0.4 is 10.1 Å². The lowest BCUT2D eigenvalue weighted by Crippen LogP contribution is -2.20. The third-order valence-corrected chi connectivity index (χ3v) is 4.10. The molecule has 0 radical (unpaired) electrons. The molecule has 0 saturated heterocycles. The standard InChI is InChI=1S/C17H15N3O4S/c1-2-23-12-3-4-13-14(9-12)25-17(19-13)20-15(21)10-24-16(22)11-5-7-18-8-6-11/h3-9H,2,10H2,1H3,(H,19,20,21). The monoisotopic (exact) mass is 357 g/mol. The average Bonchev–Trinajstić information content (AvgIpc) is 3.02. The van der Waals surface area contributed by atoms with Gasteiger partial charge < -0.3 is 9.47 Å². The van der Waals surface area contributed by atoms with Gasteiger partial charge >= 0.3 is 5.97 Å². The highest BCUT2D eigenvalue weighted by molar-refractivity contribution is 7.22. The van der Waals surface area contributed by atoms with Crippen molar-refractivity contribution in [1.82, 2.24) is 9.97 Å². The molecular weight excluding hydrogens is 342 g/mol. The molecular formula is C17H15N3O4S. The van der Waals surface area contributed by atoms with Crippen LogP contribution in [0.2, 0.25) is 0 Å². The second-order valence-corrected chi connectivity index (χ2v) is 5.97. The molecule has 3 aromatic rings. The number of nitrogens with one attached hydrogen (secondary N) is 1. The van der Waals surface area contributed by atoms with E-state index in [9.17, 15) is 9.59 Å². The first-order valence-electron chi connectivity index (χ1n) is 7.56. The molecule has 1 amide bonds. The van der Waals surface area contributed by atoms with Crippen molar-refractivity contribution in [1.29, 1.82) is 0 Å². The summed E-state index contributed by atoms with van der Waals surface area (Å²) in [7, 11) is 0. The number of fused-ring (bicyclic) bond motifs is 1. The fourth-order valence-electron chi connectivity index (χ4n) is 2.07. The molecule has 0 spiro atoms. The van der Waals surface area contributed by atoms with E-state index in [0.717, 1.165) is 16.0 Å². The number of thiazole rings is 1. The maximum absolute atomic E-state index is 11.9. The van der Waals surface area contributed by atoms with Crippen LogP contribution in [0.5, 0.6) is 5.75 Å². The number of anilines is 1. The number of pyridine rings is 1. The quantitative estimate of drug-likeness (QED) is 0.682. The Morgan fingerprint density at radius 1 is 1.20 bits per heavy atom. The lowest BCUT2D eigenvalue weighted by Gasteiger charge is -2.04. The normalized spacial score (nSPS) is 10.4. The number of nitrogens with zero attached hydrogens (tertiary/aromatic N) is 2. The van der Waals surface area contributed by atoms with E-state index in [2.05, 4.69) is 15.3 Å². The van der Waals surface area contributed by atoms with E-state index in [1.807, 2.05) is 25.1 Å². The van der Waals surface area contributed by atoms with Gasteiger partial charge in [-0.05, 0) is 37.3 Å². The van der Waals surface area contributed by atoms with E-state index in [4.69, 9.17) is 9.47 Å². The van der Waals surface area contributed by atoms with Crippen molar-refractivity contribution in [2.75, 3.05) is 18.5 Å². The number of hydrogen-bond acceptors (Lipinski definition) is 7. The summed E-state index contributed by atoms with van der Waals surface area (Å²) in [4.78, 5) is 31.9. The van der Waals surface area contributed by atoms with Crippen molar-refractivity contribution < 1.29 is 19.1 Å². The Kier molecular flexibility index (Phi) is 5.20. The van der Waals surface area contributed by atoms with Crippen molar-refractivity contribution in [3.8, 4) is 5.75 Å². The summed E-state index contributed by atoms with van der Waals surface area (Å²) in [5.74, 6) is -0.280. The predicted octanol–water partition coefficient (Wildman–Crippen LogP) is 2.89. The summed E-state index contributed by atoms with van der Waals surface area (Å²) in [5, 5.41) is 3.07. The Balaban J connectivity index is 1.59. The van der Waals surface area contributed by atoms with E-state index >= 15 is 0 Å². The van der Waals surface area contributed by atoms with Gasteiger partial charge in [0, 0.05) is 12.4 Å². The number of hydrogen-bond donors (Lipinski definition) is 1. The zero-order valence-corrected chi connectivity index (χ0v) is 14.2. The van der Waals surface area contributed by atoms with Gasteiger partial charge in [0.2, 0.25) is 0 Å². The molecule has 0 atom stereocenters. The summed E-state index contributed by atoms with van der Waals surface area (Å²) in [6.07, 6.45) is 2.96. The maximum atomic E-state index is 11.9. The molecule has 0 fully saturated rings. The van der Waals surface area contributed by atoms with Gasteiger partial charge in [-0.3, -0.25) is 15.1 Å². The predicted molar refractivity (Wildman–Crippen MR) is 93.9 cm³/mol. The van der Waals surface area contributed by atoms with Crippen molar-refractivity contribution in [2.24, 2.45) is 0 Å². The van der Waals surface area contributed by atoms with Crippen molar-refractivity contribution in [2.45, 2.75) is 6.92 Å². The molecule has 7 nitrogen and oxygen atoms in total. The van der Waals surface area contributed by atoms with Gasteiger partial charge in [0.05, 0.1) is 22.4 Å². The molecule has 0 aliphatic heterocycles. The Labute approximate surface area is 147 Å². The molecule has 128 valence electrons. The average molecular weight is 357 g/mol. The largest absolute Gasteiger partial charge is 0.494 e. The minimum Gasteiger partial charge on any atom is -0.494 e. The van der Waals surface area contributed by atoms with Gasteiger partial charge in [-0.2, -0.15) is 0 Å². The maximum Gasteiger partial charge on any atom is 0.338 e. The summed E-state index contributed by atoms with van der Waals surface area (Å²) < 4.78 is 11.3. The van der Waals surface area contributed by atoms with Crippen LogP contribution in [0.15, 0.2) is 42.7 Å². The molecule has 0 unspecified atom stereocenters. The first-order chi connectivity index (χ1) is 12.2. The van der Waals surface area contributed by atoms with E-state index < -0.39 is 11.9 Å². The lowest BCUT2D eigenvalue weighted by atomic mass is 10.3. The number of aromatic nitrogens is 2. The molecule has 8 heteroatoms. The van der Waals surface area contributed by atoms with Crippen molar-refractivity contribution >= 4 is 38.6 Å². The van der Waals surface area contributed by atoms with E-state index in [1.165, 1.54) is 35.9 Å². The van der Waals surface area contributed by atoms with Gasteiger partial charge in [-0.1, -0.05) is 11.3 Å². The topological polar surface area (TPSA) is 90.4 Å². The first-order valence-corrected chi connectivity index (χ1v) is 8.37. The second kappa shape index (κ2) is 7.71. The van der Waals surface area contributed by atoms with Crippen LogP contribution in [0.1, 0.15) is 17.3 Å². The number of rotatable bonds is 6. The molecule has 3 rings (SSSR count). The molecule has 0 saturated carbocycles. The van der Waals surface area contributed by atoms with Crippen LogP contribution in [-0.2, 0) is 9.53 Å². The highest BCUT2D eigenvalue weighted by Crippen LogP contribution is 2.29. The van der Waals surface area contributed by atoms with E-state index in [-0.39, 0.29) is 6.61 Å². The fraction of sp³-hybridized carbons (Fsp3) is 0.176. The minimum absolute atomic E-state index is 0.339. The fourth-order valence-corrected chi connectivity index (χ4v) is 2.98. The van der Waals surface area contributed by atoms with Crippen LogP contribution in [0.4, 0.5) is 5.13 Å². The number of esters is 1. The van der Waals surface area contributed by atoms with Crippen molar-refractivity contribution in [3.63, 3.8) is 0 Å². The Bertz CT molecular complexity index is 895. The van der Waals surface area contributed by atoms with Gasteiger partial charge in [0.25, 0.3) is 5.91 Å². The third-order valence-electron chi connectivity index (χ3n) is 3.17. The van der Waals surface area contributed by atoms with Gasteiger partial charge in [-0.15, -0.1) is 0 Å². The third kappa shape index (κ3) is 4.30. The van der Waals surface area contributed by atoms with E-state index in [1.54, 1.807) is 0 Å². The highest BCUT2D eigenvalue weighted by atomic mass is 32.1. The molecule has 2 heterocycles. The molecule has 0 aliphatic carbocycles. The highest BCUT2D eigenvalue weighted by Gasteiger charge is 2.12. The van der Waals surface area contributed by atoms with Gasteiger partial charge in [-0.25, -0.2) is 9.78 Å². The zero-order chi connectivity index (χ0) is 17.6. The number of amides is 1. The zero-order valence-electron chi connectivity index (χ0n) is 13.4. The molecule has 2 aromatic heterocycles. The molecule has 1 aromatic carbocycles. The second-order valence-electron chi connectivity index (χ2n) is 4.94.